The molecular formula is C34H28N6O6S2. The van der Waals surface area contributed by atoms with E-state index in [4.69, 9.17) is 11.5 Å². The summed E-state index contributed by atoms with van der Waals surface area (Å²) in [6.45, 7) is 3.77. The summed E-state index contributed by atoms with van der Waals surface area (Å²) in [7, 11) is -9.29. The van der Waals surface area contributed by atoms with Gasteiger partial charge in [-0.25, -0.2) is 0 Å². The van der Waals surface area contributed by atoms with Crippen LogP contribution < -0.4 is 11.5 Å². The standard InChI is InChI=1S/C34H28N6O6S2/c1-19-15-23(37-39-33-29(47(41,42)43)17-21-7-3-5-9-27(21)31(33)35)11-13-25(19)26-14-12-24(16-20(26)2)38-40-34-30(48(44,45)46)18-22-8-4-6-10-28(22)32(34)36/h3-18H,35-36H2,1-2H3,(H,41,42,43)(H,44,45,46). The minimum absolute atomic E-state index is 0.0724. The fourth-order valence-electron chi connectivity index (χ4n) is 5.52. The predicted octanol–water partition coefficient (Wildman–Crippen LogP) is 8.77. The van der Waals surface area contributed by atoms with Crippen LogP contribution in [0.4, 0.5) is 34.1 Å². The first-order valence-corrected chi connectivity index (χ1v) is 17.2. The van der Waals surface area contributed by atoms with Crippen LogP contribution >= 0.6 is 0 Å². The topological polar surface area (TPSA) is 210 Å². The van der Waals surface area contributed by atoms with Gasteiger partial charge >= 0.3 is 0 Å². The predicted molar refractivity (Wildman–Crippen MR) is 186 cm³/mol. The lowest BCUT2D eigenvalue weighted by Crippen LogP contribution is -2.01. The van der Waals surface area contributed by atoms with Gasteiger partial charge in [0, 0.05) is 10.8 Å². The molecule has 0 fully saturated rings. The molecule has 0 aliphatic rings. The molecule has 0 saturated heterocycles. The molecule has 0 atom stereocenters. The highest BCUT2D eigenvalue weighted by molar-refractivity contribution is 7.86. The summed E-state index contributed by atoms with van der Waals surface area (Å²) in [5.41, 5.74) is 16.6. The molecular weight excluding hydrogens is 653 g/mol. The van der Waals surface area contributed by atoms with Crippen molar-refractivity contribution in [3.63, 3.8) is 0 Å². The summed E-state index contributed by atoms with van der Waals surface area (Å²) >= 11 is 0. The molecule has 6 N–H and O–H groups in total. The summed E-state index contributed by atoms with van der Waals surface area (Å²) in [4.78, 5) is -0.887. The van der Waals surface area contributed by atoms with Crippen LogP contribution in [-0.2, 0) is 20.2 Å². The third-order valence-corrected chi connectivity index (χ3v) is 9.58. The highest BCUT2D eigenvalue weighted by Crippen LogP contribution is 2.40. The Hall–Kier alpha value is -5.54. The number of anilines is 2. The van der Waals surface area contributed by atoms with Crippen LogP contribution in [0.25, 0.3) is 32.7 Å². The number of nitrogens with zero attached hydrogens (tertiary/aromatic N) is 4. The first-order valence-electron chi connectivity index (χ1n) is 14.3. The van der Waals surface area contributed by atoms with Gasteiger partial charge < -0.3 is 11.5 Å². The van der Waals surface area contributed by atoms with Gasteiger partial charge in [0.25, 0.3) is 20.2 Å². The van der Waals surface area contributed by atoms with E-state index in [0.717, 1.165) is 22.3 Å². The Morgan fingerprint density at radius 3 is 1.25 bits per heavy atom. The summed E-state index contributed by atoms with van der Waals surface area (Å²) in [6, 6.07) is 27.0. The number of fused-ring (bicyclic) bond motifs is 2. The maximum absolute atomic E-state index is 12.1. The number of aryl methyl sites for hydroxylation is 2. The largest absolute Gasteiger partial charge is 0.396 e. The van der Waals surface area contributed by atoms with Crippen LogP contribution in [0.5, 0.6) is 0 Å². The molecule has 14 heteroatoms. The smallest absolute Gasteiger partial charge is 0.296 e. The highest BCUT2D eigenvalue weighted by Gasteiger charge is 2.22. The highest BCUT2D eigenvalue weighted by atomic mass is 32.2. The molecule has 0 aliphatic heterocycles. The maximum atomic E-state index is 12.1. The van der Waals surface area contributed by atoms with Gasteiger partial charge in [-0.3, -0.25) is 9.11 Å². The molecule has 0 spiro atoms. The van der Waals surface area contributed by atoms with Gasteiger partial charge in [0.1, 0.15) is 21.2 Å². The van der Waals surface area contributed by atoms with Crippen molar-refractivity contribution in [1.82, 2.24) is 0 Å². The first-order chi connectivity index (χ1) is 22.7. The number of benzene rings is 6. The Kier molecular flexibility index (Phi) is 8.26. The second-order valence-electron chi connectivity index (χ2n) is 11.1. The lowest BCUT2D eigenvalue weighted by atomic mass is 9.96. The molecule has 6 aromatic carbocycles. The zero-order chi connectivity index (χ0) is 34.4. The quantitative estimate of drug-likeness (QED) is 0.0725. The van der Waals surface area contributed by atoms with Crippen molar-refractivity contribution in [2.75, 3.05) is 11.5 Å². The maximum Gasteiger partial charge on any atom is 0.296 e. The molecule has 0 heterocycles. The van der Waals surface area contributed by atoms with Crippen LogP contribution in [0.1, 0.15) is 11.1 Å². The summed E-state index contributed by atoms with van der Waals surface area (Å²) in [6.07, 6.45) is 0. The van der Waals surface area contributed by atoms with Crippen LogP contribution in [0, 0.1) is 13.8 Å². The lowest BCUT2D eigenvalue weighted by molar-refractivity contribution is 0.481. The van der Waals surface area contributed by atoms with Gasteiger partial charge in [0.2, 0.25) is 0 Å². The zero-order valence-electron chi connectivity index (χ0n) is 25.5. The summed E-state index contributed by atoms with van der Waals surface area (Å²) in [5, 5.41) is 18.9. The number of nitrogen functional groups attached to an aromatic ring is 2. The molecule has 0 radical (unpaired) electrons. The van der Waals surface area contributed by atoms with Crippen LogP contribution in [0.3, 0.4) is 0 Å². The van der Waals surface area contributed by atoms with Gasteiger partial charge in [-0.15, -0.1) is 10.2 Å². The molecule has 6 rings (SSSR count). The van der Waals surface area contributed by atoms with Crippen LogP contribution in [0.2, 0.25) is 0 Å². The fraction of sp³-hybridized carbons (Fsp3) is 0.0588. The minimum atomic E-state index is -4.64. The Morgan fingerprint density at radius 1 is 0.521 bits per heavy atom. The molecule has 0 aliphatic carbocycles. The Labute approximate surface area is 276 Å². The van der Waals surface area contributed by atoms with Crippen molar-refractivity contribution in [2.45, 2.75) is 23.6 Å². The van der Waals surface area contributed by atoms with Crippen molar-refractivity contribution in [2.24, 2.45) is 20.5 Å². The van der Waals surface area contributed by atoms with E-state index in [0.29, 0.717) is 32.9 Å². The second kappa shape index (κ2) is 12.2. The van der Waals surface area contributed by atoms with E-state index in [-0.39, 0.29) is 22.7 Å². The average Bonchev–Trinajstić information content (AvgIpc) is 3.03. The SMILES string of the molecule is Cc1cc(N=Nc2c(S(=O)(=O)O)cc3ccccc3c2N)ccc1-c1ccc(N=Nc2c(S(=O)(=O)O)cc3ccccc3c2N)cc1C. The number of nitrogens with two attached hydrogens (primary N) is 2. The van der Waals surface area contributed by atoms with E-state index >= 15 is 0 Å². The number of rotatable bonds is 7. The van der Waals surface area contributed by atoms with E-state index in [1.165, 1.54) is 12.1 Å². The molecule has 0 unspecified atom stereocenters. The fourth-order valence-corrected chi connectivity index (χ4v) is 6.86. The Morgan fingerprint density at radius 2 is 0.896 bits per heavy atom. The monoisotopic (exact) mass is 680 g/mol. The van der Waals surface area contributed by atoms with E-state index in [9.17, 15) is 25.9 Å². The van der Waals surface area contributed by atoms with Gasteiger partial charge in [0.05, 0.1) is 22.7 Å². The number of hydrogen-bond acceptors (Lipinski definition) is 10. The summed E-state index contributed by atoms with van der Waals surface area (Å²) < 4.78 is 68.3. The van der Waals surface area contributed by atoms with E-state index in [1.807, 2.05) is 26.0 Å². The zero-order valence-corrected chi connectivity index (χ0v) is 27.2. The van der Waals surface area contributed by atoms with Gasteiger partial charge in [0.15, 0.2) is 0 Å². The first kappa shape index (κ1) is 32.4. The van der Waals surface area contributed by atoms with Crippen molar-refractivity contribution in [1.29, 1.82) is 0 Å². The number of hydrogen-bond donors (Lipinski definition) is 4. The van der Waals surface area contributed by atoms with E-state index < -0.39 is 30.0 Å². The van der Waals surface area contributed by atoms with Crippen molar-refractivity contribution >= 4 is 75.9 Å². The lowest BCUT2D eigenvalue weighted by Gasteiger charge is -2.12. The van der Waals surface area contributed by atoms with Crippen molar-refractivity contribution < 1.29 is 25.9 Å². The Balaban J connectivity index is 1.31. The Bertz CT molecular complexity index is 2390. The van der Waals surface area contributed by atoms with Gasteiger partial charge in [-0.2, -0.15) is 27.1 Å². The molecule has 0 aromatic heterocycles. The van der Waals surface area contributed by atoms with Gasteiger partial charge in [-0.1, -0.05) is 60.7 Å². The molecule has 0 bridgehead atoms. The normalized spacial score (nSPS) is 12.5. The third-order valence-electron chi connectivity index (χ3n) is 7.85. The van der Waals surface area contributed by atoms with E-state index in [1.54, 1.807) is 72.8 Å². The third kappa shape index (κ3) is 6.24. The average molecular weight is 681 g/mol. The molecule has 48 heavy (non-hydrogen) atoms. The van der Waals surface area contributed by atoms with Gasteiger partial charge in [-0.05, 0) is 83.3 Å². The molecule has 242 valence electrons. The van der Waals surface area contributed by atoms with Crippen LogP contribution in [-0.4, -0.2) is 25.9 Å². The number of azo groups is 2. The minimum Gasteiger partial charge on any atom is -0.396 e. The van der Waals surface area contributed by atoms with Crippen molar-refractivity contribution in [3.8, 4) is 11.1 Å². The van der Waals surface area contributed by atoms with E-state index in [2.05, 4.69) is 20.5 Å². The molecule has 12 nitrogen and oxygen atoms in total. The summed E-state index contributed by atoms with van der Waals surface area (Å²) in [5.74, 6) is 0. The second-order valence-corrected chi connectivity index (χ2v) is 13.8. The molecule has 0 amide bonds. The van der Waals surface area contributed by atoms with Crippen molar-refractivity contribution in [3.05, 3.63) is 108 Å². The molecule has 6 aromatic rings. The van der Waals surface area contributed by atoms with Crippen LogP contribution in [0.15, 0.2) is 127 Å². The molecule has 0 saturated carbocycles.